The molecule has 102 valence electrons. The van der Waals surface area contributed by atoms with E-state index in [4.69, 9.17) is 15.2 Å². The van der Waals surface area contributed by atoms with Crippen molar-refractivity contribution >= 4 is 0 Å². The van der Waals surface area contributed by atoms with Gasteiger partial charge in [-0.2, -0.15) is 0 Å². The minimum Gasteiger partial charge on any atom is -0.353 e. The van der Waals surface area contributed by atoms with E-state index in [1.165, 1.54) is 6.07 Å². The van der Waals surface area contributed by atoms with Crippen molar-refractivity contribution in [3.63, 3.8) is 0 Å². The van der Waals surface area contributed by atoms with E-state index in [1.807, 2.05) is 19.9 Å². The summed E-state index contributed by atoms with van der Waals surface area (Å²) >= 11 is 0. The van der Waals surface area contributed by atoms with E-state index in [1.54, 1.807) is 12.1 Å². The minimum atomic E-state index is -0.326. The van der Waals surface area contributed by atoms with Crippen LogP contribution in [0.2, 0.25) is 0 Å². The van der Waals surface area contributed by atoms with Crippen LogP contribution in [0.5, 0.6) is 0 Å². The molecule has 1 aromatic rings. The van der Waals surface area contributed by atoms with E-state index in [2.05, 4.69) is 0 Å². The van der Waals surface area contributed by atoms with Gasteiger partial charge in [0.25, 0.3) is 0 Å². The molecule has 0 saturated carbocycles. The predicted octanol–water partition coefficient (Wildman–Crippen LogP) is 2.66. The first kappa shape index (κ1) is 15.1. The van der Waals surface area contributed by atoms with E-state index in [0.29, 0.717) is 31.7 Å². The summed E-state index contributed by atoms with van der Waals surface area (Å²) in [5.41, 5.74) is 6.37. The molecule has 3 nitrogen and oxygen atoms in total. The number of benzene rings is 1. The van der Waals surface area contributed by atoms with Crippen LogP contribution in [0.1, 0.15) is 31.7 Å². The first-order chi connectivity index (χ1) is 8.72. The molecule has 0 fully saturated rings. The second-order valence-corrected chi connectivity index (χ2v) is 4.03. The third-order valence-electron chi connectivity index (χ3n) is 2.81. The molecule has 2 N–H and O–H groups in total. The monoisotopic (exact) mass is 255 g/mol. The van der Waals surface area contributed by atoms with Gasteiger partial charge in [-0.25, -0.2) is 4.39 Å². The highest BCUT2D eigenvalue weighted by atomic mass is 19.1. The third kappa shape index (κ3) is 4.37. The summed E-state index contributed by atoms with van der Waals surface area (Å²) in [6, 6.07) is 6.71. The number of halogens is 1. The Morgan fingerprint density at radius 3 is 2.28 bits per heavy atom. The average Bonchev–Trinajstić information content (AvgIpc) is 2.37. The van der Waals surface area contributed by atoms with Gasteiger partial charge < -0.3 is 15.2 Å². The molecule has 0 saturated heterocycles. The van der Waals surface area contributed by atoms with Crippen LogP contribution in [0.4, 0.5) is 4.39 Å². The average molecular weight is 255 g/mol. The fraction of sp³-hybridized carbons (Fsp3) is 0.571. The largest absolute Gasteiger partial charge is 0.353 e. The molecule has 18 heavy (non-hydrogen) atoms. The van der Waals surface area contributed by atoms with Gasteiger partial charge in [0.1, 0.15) is 5.82 Å². The van der Waals surface area contributed by atoms with Crippen molar-refractivity contribution in [2.75, 3.05) is 19.8 Å². The molecule has 0 aromatic heterocycles. The Bertz CT molecular complexity index is 340. The zero-order valence-electron chi connectivity index (χ0n) is 11.1. The Labute approximate surface area is 108 Å². The van der Waals surface area contributed by atoms with Crippen LogP contribution >= 0.6 is 0 Å². The van der Waals surface area contributed by atoms with Crippen molar-refractivity contribution in [2.45, 2.75) is 32.5 Å². The lowest BCUT2D eigenvalue weighted by molar-refractivity contribution is -0.142. The van der Waals surface area contributed by atoms with Crippen LogP contribution in [-0.4, -0.2) is 26.0 Å². The quantitative estimate of drug-likeness (QED) is 0.726. The number of hydrogen-bond acceptors (Lipinski definition) is 3. The Kier molecular flexibility index (Phi) is 6.86. The number of ether oxygens (including phenoxy) is 2. The van der Waals surface area contributed by atoms with Gasteiger partial charge >= 0.3 is 0 Å². The first-order valence-electron chi connectivity index (χ1n) is 6.40. The summed E-state index contributed by atoms with van der Waals surface area (Å²) in [5.74, 6) is -0.311. The summed E-state index contributed by atoms with van der Waals surface area (Å²) in [7, 11) is 0. The molecule has 0 heterocycles. The molecule has 0 bridgehead atoms. The van der Waals surface area contributed by atoms with Crippen LogP contribution in [0, 0.1) is 5.82 Å². The van der Waals surface area contributed by atoms with Gasteiger partial charge in [0.15, 0.2) is 6.29 Å². The van der Waals surface area contributed by atoms with E-state index < -0.39 is 0 Å². The molecule has 1 atom stereocenters. The Hall–Kier alpha value is -0.970. The molecular formula is C14H22FNO2. The Morgan fingerprint density at radius 2 is 1.78 bits per heavy atom. The van der Waals surface area contributed by atoms with Crippen LogP contribution in [0.3, 0.4) is 0 Å². The molecule has 1 rings (SSSR count). The summed E-state index contributed by atoms with van der Waals surface area (Å²) < 4.78 is 24.7. The van der Waals surface area contributed by atoms with Gasteiger partial charge in [-0.15, -0.1) is 0 Å². The molecule has 0 aliphatic rings. The molecule has 0 amide bonds. The molecule has 4 heteroatoms. The zero-order valence-corrected chi connectivity index (χ0v) is 11.1. The minimum absolute atomic E-state index is 0.0886. The van der Waals surface area contributed by atoms with E-state index >= 15 is 0 Å². The maximum atomic E-state index is 13.7. The standard InChI is InChI=1S/C14H22FNO2/c1-3-17-14(18-4-2)9-11(10-16)12-7-5-6-8-13(12)15/h5-8,11,14H,3-4,9-10,16H2,1-2H3/t11-/m0/s1. The van der Waals surface area contributed by atoms with Crippen LogP contribution in [0.25, 0.3) is 0 Å². The van der Waals surface area contributed by atoms with Gasteiger partial charge in [-0.1, -0.05) is 18.2 Å². The van der Waals surface area contributed by atoms with Crippen LogP contribution in [0.15, 0.2) is 24.3 Å². The fourth-order valence-electron chi connectivity index (χ4n) is 1.94. The molecule has 0 spiro atoms. The number of nitrogens with two attached hydrogens (primary N) is 1. The van der Waals surface area contributed by atoms with Gasteiger partial charge in [0.05, 0.1) is 0 Å². The highest BCUT2D eigenvalue weighted by Gasteiger charge is 2.19. The normalized spacial score (nSPS) is 12.9. The van der Waals surface area contributed by atoms with Gasteiger partial charge in [0.2, 0.25) is 0 Å². The fourth-order valence-corrected chi connectivity index (χ4v) is 1.94. The van der Waals surface area contributed by atoms with Gasteiger partial charge in [-0.05, 0) is 32.0 Å². The highest BCUT2D eigenvalue weighted by molar-refractivity contribution is 5.22. The SMILES string of the molecule is CCOC(C[C@@H](CN)c1ccccc1F)OCC. The summed E-state index contributed by atoms with van der Waals surface area (Å²) in [6.07, 6.45) is 0.243. The van der Waals surface area contributed by atoms with Gasteiger partial charge in [-0.3, -0.25) is 0 Å². The van der Waals surface area contributed by atoms with Crippen LogP contribution < -0.4 is 5.73 Å². The molecule has 0 radical (unpaired) electrons. The zero-order chi connectivity index (χ0) is 13.4. The summed E-state index contributed by atoms with van der Waals surface area (Å²) in [6.45, 7) is 5.33. The lowest BCUT2D eigenvalue weighted by Gasteiger charge is -2.23. The third-order valence-corrected chi connectivity index (χ3v) is 2.81. The number of hydrogen-bond donors (Lipinski definition) is 1. The lowest BCUT2D eigenvalue weighted by Crippen LogP contribution is -2.24. The van der Waals surface area contributed by atoms with Crippen molar-refractivity contribution in [3.8, 4) is 0 Å². The second-order valence-electron chi connectivity index (χ2n) is 4.03. The summed E-state index contributed by atoms with van der Waals surface area (Å²) in [4.78, 5) is 0. The predicted molar refractivity (Wildman–Crippen MR) is 69.9 cm³/mol. The lowest BCUT2D eigenvalue weighted by atomic mass is 9.95. The first-order valence-corrected chi connectivity index (χ1v) is 6.40. The molecule has 0 unspecified atom stereocenters. The number of rotatable bonds is 8. The molecule has 0 aliphatic heterocycles. The van der Waals surface area contributed by atoms with Crippen molar-refractivity contribution in [3.05, 3.63) is 35.6 Å². The molecule has 0 aliphatic carbocycles. The Morgan fingerprint density at radius 1 is 1.17 bits per heavy atom. The van der Waals surface area contributed by atoms with Crippen molar-refractivity contribution in [2.24, 2.45) is 5.73 Å². The van der Waals surface area contributed by atoms with E-state index in [-0.39, 0.29) is 18.0 Å². The highest BCUT2D eigenvalue weighted by Crippen LogP contribution is 2.24. The molecule has 1 aromatic carbocycles. The maximum absolute atomic E-state index is 13.7. The van der Waals surface area contributed by atoms with Crippen molar-refractivity contribution in [1.29, 1.82) is 0 Å². The van der Waals surface area contributed by atoms with E-state index in [0.717, 1.165) is 0 Å². The van der Waals surface area contributed by atoms with E-state index in [9.17, 15) is 4.39 Å². The topological polar surface area (TPSA) is 44.5 Å². The van der Waals surface area contributed by atoms with Gasteiger partial charge in [0, 0.05) is 25.6 Å². The Balaban J connectivity index is 2.73. The maximum Gasteiger partial charge on any atom is 0.158 e. The second kappa shape index (κ2) is 8.19. The molecular weight excluding hydrogens is 233 g/mol. The summed E-state index contributed by atoms with van der Waals surface area (Å²) in [5, 5.41) is 0. The van der Waals surface area contributed by atoms with Crippen molar-refractivity contribution in [1.82, 2.24) is 0 Å². The van der Waals surface area contributed by atoms with Crippen LogP contribution in [-0.2, 0) is 9.47 Å². The van der Waals surface area contributed by atoms with Crippen molar-refractivity contribution < 1.29 is 13.9 Å². The smallest absolute Gasteiger partial charge is 0.158 e.